The van der Waals surface area contributed by atoms with Crippen molar-refractivity contribution in [2.45, 2.75) is 38.5 Å². The fraction of sp³-hybridized carbons (Fsp3) is 0.545. The van der Waals surface area contributed by atoms with E-state index in [0.29, 0.717) is 19.4 Å². The minimum atomic E-state index is -1.01. The highest BCUT2D eigenvalue weighted by Crippen LogP contribution is 2.20. The number of carbonyl (C=O) groups is 2. The van der Waals surface area contributed by atoms with Crippen molar-refractivity contribution in [3.05, 3.63) is 16.1 Å². The summed E-state index contributed by atoms with van der Waals surface area (Å²) in [6.07, 6.45) is -0.678. The number of hydrogen-bond donors (Lipinski definition) is 2. The molecular weight excluding hydrogens is 256 g/mol. The largest absolute Gasteiger partial charge is 0.479 e. The van der Waals surface area contributed by atoms with Gasteiger partial charge in [-0.05, 0) is 19.8 Å². The van der Waals surface area contributed by atoms with Gasteiger partial charge in [0.25, 0.3) is 0 Å². The normalized spacial score (nSPS) is 22.9. The number of rotatable bonds is 4. The van der Waals surface area contributed by atoms with Crippen LogP contribution in [-0.2, 0) is 20.9 Å². The molecule has 2 heterocycles. The van der Waals surface area contributed by atoms with Crippen LogP contribution in [0.4, 0.5) is 0 Å². The minimum absolute atomic E-state index is 0.258. The lowest BCUT2D eigenvalue weighted by Crippen LogP contribution is -2.35. The maximum atomic E-state index is 11.8. The van der Waals surface area contributed by atoms with Gasteiger partial charge in [-0.1, -0.05) is 0 Å². The van der Waals surface area contributed by atoms with Crippen LogP contribution in [0.3, 0.4) is 0 Å². The molecule has 18 heavy (non-hydrogen) atoms. The fourth-order valence-electron chi connectivity index (χ4n) is 1.79. The van der Waals surface area contributed by atoms with Crippen LogP contribution in [0.1, 0.15) is 23.4 Å². The number of aromatic nitrogens is 1. The van der Waals surface area contributed by atoms with E-state index in [1.807, 2.05) is 6.92 Å². The van der Waals surface area contributed by atoms with Gasteiger partial charge in [0.2, 0.25) is 5.91 Å². The van der Waals surface area contributed by atoms with E-state index in [9.17, 15) is 9.59 Å². The Hall–Kier alpha value is -1.47. The Morgan fingerprint density at radius 2 is 2.28 bits per heavy atom. The summed E-state index contributed by atoms with van der Waals surface area (Å²) in [7, 11) is 0. The van der Waals surface area contributed by atoms with Crippen LogP contribution in [-0.4, -0.2) is 34.2 Å². The molecule has 98 valence electrons. The Bertz CT molecular complexity index is 460. The predicted octanol–water partition coefficient (Wildman–Crippen LogP) is 0.700. The first-order chi connectivity index (χ1) is 8.58. The second-order valence-corrected chi connectivity index (χ2v) is 5.05. The third-order valence-electron chi connectivity index (χ3n) is 2.86. The van der Waals surface area contributed by atoms with E-state index in [4.69, 9.17) is 9.84 Å². The third kappa shape index (κ3) is 2.85. The predicted molar refractivity (Wildman–Crippen MR) is 64.2 cm³/mol. The average Bonchev–Trinajstić information content (AvgIpc) is 2.94. The Morgan fingerprint density at radius 3 is 2.83 bits per heavy atom. The molecule has 0 aromatic carbocycles. The molecule has 7 heteroatoms. The highest BCUT2D eigenvalue weighted by molar-refractivity contribution is 7.09. The second-order valence-electron chi connectivity index (χ2n) is 4.11. The van der Waals surface area contributed by atoms with Crippen LogP contribution in [0.5, 0.6) is 0 Å². The van der Waals surface area contributed by atoms with Crippen molar-refractivity contribution < 1.29 is 19.4 Å². The first-order valence-electron chi connectivity index (χ1n) is 5.63. The fourth-order valence-corrected chi connectivity index (χ4v) is 2.51. The van der Waals surface area contributed by atoms with E-state index in [-0.39, 0.29) is 5.91 Å². The quantitative estimate of drug-likeness (QED) is 0.840. The number of amides is 1. The van der Waals surface area contributed by atoms with Crippen molar-refractivity contribution in [2.24, 2.45) is 0 Å². The number of hydrogen-bond acceptors (Lipinski definition) is 5. The van der Waals surface area contributed by atoms with Gasteiger partial charge in [0.15, 0.2) is 6.10 Å². The lowest BCUT2D eigenvalue weighted by molar-refractivity contribution is -0.151. The van der Waals surface area contributed by atoms with E-state index in [1.54, 1.807) is 5.51 Å². The summed E-state index contributed by atoms with van der Waals surface area (Å²) in [5.74, 6) is -1.27. The Labute approximate surface area is 108 Å². The topological polar surface area (TPSA) is 88.5 Å². The van der Waals surface area contributed by atoms with Gasteiger partial charge in [-0.15, -0.1) is 11.3 Å². The smallest absolute Gasteiger partial charge is 0.332 e. The molecule has 1 aliphatic heterocycles. The first kappa shape index (κ1) is 13.0. The molecule has 0 aliphatic carbocycles. The molecule has 0 spiro atoms. The minimum Gasteiger partial charge on any atom is -0.479 e. The molecular formula is C11H14N2O4S. The number of aryl methyl sites for hydroxylation is 1. The van der Waals surface area contributed by atoms with Gasteiger partial charge in [0.1, 0.15) is 6.10 Å². The number of carboxylic acids is 1. The van der Waals surface area contributed by atoms with Gasteiger partial charge in [-0.25, -0.2) is 9.78 Å². The molecule has 1 aliphatic rings. The molecule has 0 bridgehead atoms. The number of carboxylic acid groups (broad SMARTS) is 1. The molecule has 0 unspecified atom stereocenters. The average molecular weight is 270 g/mol. The van der Waals surface area contributed by atoms with E-state index < -0.39 is 18.2 Å². The standard InChI is InChI=1S/C11H14N2O4S/c1-6-9(18-5-13-6)4-12-10(14)7-2-3-8(17-7)11(15)16/h5,7-8H,2-4H2,1H3,(H,12,14)(H,15,16)/t7-,8+/m0/s1. The van der Waals surface area contributed by atoms with Crippen molar-refractivity contribution in [3.8, 4) is 0 Å². The molecule has 2 N–H and O–H groups in total. The summed E-state index contributed by atoms with van der Waals surface area (Å²) in [5.41, 5.74) is 2.62. The van der Waals surface area contributed by atoms with Crippen LogP contribution in [0.25, 0.3) is 0 Å². The Kier molecular flexibility index (Phi) is 3.93. The van der Waals surface area contributed by atoms with Crippen molar-refractivity contribution in [3.63, 3.8) is 0 Å². The molecule has 1 fully saturated rings. The molecule has 6 nitrogen and oxygen atoms in total. The molecule has 0 saturated carbocycles. The van der Waals surface area contributed by atoms with Crippen LogP contribution < -0.4 is 5.32 Å². The van der Waals surface area contributed by atoms with E-state index in [1.165, 1.54) is 11.3 Å². The van der Waals surface area contributed by atoms with Gasteiger partial charge >= 0.3 is 5.97 Å². The van der Waals surface area contributed by atoms with Crippen LogP contribution in [0.2, 0.25) is 0 Å². The van der Waals surface area contributed by atoms with Gasteiger partial charge in [-0.3, -0.25) is 4.79 Å². The number of thiazole rings is 1. The van der Waals surface area contributed by atoms with E-state index in [2.05, 4.69) is 10.3 Å². The number of ether oxygens (including phenoxy) is 1. The molecule has 0 radical (unpaired) electrons. The SMILES string of the molecule is Cc1ncsc1CNC(=O)[C@@H]1CC[C@H](C(=O)O)O1. The number of carbonyl (C=O) groups excluding carboxylic acids is 1. The second kappa shape index (κ2) is 5.45. The number of nitrogens with one attached hydrogen (secondary N) is 1. The van der Waals surface area contributed by atoms with Crippen molar-refractivity contribution in [1.82, 2.24) is 10.3 Å². The van der Waals surface area contributed by atoms with Crippen molar-refractivity contribution in [2.75, 3.05) is 0 Å². The maximum absolute atomic E-state index is 11.8. The van der Waals surface area contributed by atoms with Gasteiger partial charge < -0.3 is 15.2 Å². The highest BCUT2D eigenvalue weighted by atomic mass is 32.1. The summed E-state index contributed by atoms with van der Waals surface area (Å²) in [6, 6.07) is 0. The Balaban J connectivity index is 1.83. The third-order valence-corrected chi connectivity index (χ3v) is 3.79. The maximum Gasteiger partial charge on any atom is 0.332 e. The summed E-state index contributed by atoms with van der Waals surface area (Å²) >= 11 is 1.48. The zero-order valence-electron chi connectivity index (χ0n) is 9.88. The lowest BCUT2D eigenvalue weighted by Gasteiger charge is -2.11. The molecule has 2 rings (SSSR count). The molecule has 1 saturated heterocycles. The number of nitrogens with zero attached hydrogens (tertiary/aromatic N) is 1. The van der Waals surface area contributed by atoms with E-state index >= 15 is 0 Å². The van der Waals surface area contributed by atoms with Crippen molar-refractivity contribution >= 4 is 23.2 Å². The van der Waals surface area contributed by atoms with Crippen LogP contribution in [0, 0.1) is 6.92 Å². The Morgan fingerprint density at radius 1 is 1.56 bits per heavy atom. The van der Waals surface area contributed by atoms with Crippen molar-refractivity contribution in [1.29, 1.82) is 0 Å². The monoisotopic (exact) mass is 270 g/mol. The van der Waals surface area contributed by atoms with E-state index in [0.717, 1.165) is 10.6 Å². The lowest BCUT2D eigenvalue weighted by atomic mass is 10.2. The first-order valence-corrected chi connectivity index (χ1v) is 6.51. The summed E-state index contributed by atoms with van der Waals surface area (Å²) in [4.78, 5) is 27.6. The molecule has 1 aromatic rings. The highest BCUT2D eigenvalue weighted by Gasteiger charge is 2.34. The zero-order valence-corrected chi connectivity index (χ0v) is 10.7. The van der Waals surface area contributed by atoms with Crippen LogP contribution in [0.15, 0.2) is 5.51 Å². The summed E-state index contributed by atoms with van der Waals surface area (Å²) in [6.45, 7) is 2.29. The zero-order chi connectivity index (χ0) is 13.1. The molecule has 1 amide bonds. The van der Waals surface area contributed by atoms with Gasteiger partial charge in [0, 0.05) is 4.88 Å². The summed E-state index contributed by atoms with van der Waals surface area (Å²) < 4.78 is 5.16. The number of aliphatic carboxylic acids is 1. The molecule has 2 atom stereocenters. The van der Waals surface area contributed by atoms with Gasteiger partial charge in [0.05, 0.1) is 17.7 Å². The van der Waals surface area contributed by atoms with Crippen LogP contribution >= 0.6 is 11.3 Å². The van der Waals surface area contributed by atoms with Gasteiger partial charge in [-0.2, -0.15) is 0 Å². The summed E-state index contributed by atoms with van der Waals surface area (Å²) in [5, 5.41) is 11.5. The molecule has 1 aromatic heterocycles.